The van der Waals surface area contributed by atoms with Crippen LogP contribution in [0.1, 0.15) is 0 Å². The topological polar surface area (TPSA) is 66.5 Å². The van der Waals surface area contributed by atoms with Gasteiger partial charge in [-0.1, -0.05) is 0 Å². The van der Waals surface area contributed by atoms with Gasteiger partial charge in [0.15, 0.2) is 16.6 Å². The van der Waals surface area contributed by atoms with Crippen LogP contribution in [0.2, 0.25) is 0 Å². The zero-order valence-electron chi connectivity index (χ0n) is 6.37. The maximum absolute atomic E-state index is 4.05. The molecule has 0 aliphatic heterocycles. The first-order chi connectivity index (χ1) is 5.81. The van der Waals surface area contributed by atoms with Crippen LogP contribution >= 0.6 is 12.6 Å². The highest BCUT2D eigenvalue weighted by Gasteiger charge is 2.05. The summed E-state index contributed by atoms with van der Waals surface area (Å²) >= 11 is 4.05. The Hall–Kier alpha value is -1.30. The summed E-state index contributed by atoms with van der Waals surface area (Å²) in [5, 5.41) is 3.34. The monoisotopic (exact) mass is 181 g/mol. The zero-order chi connectivity index (χ0) is 8.55. The van der Waals surface area contributed by atoms with Crippen LogP contribution in [0.5, 0.6) is 0 Å². The number of aromatic nitrogens is 4. The molecule has 0 aromatic carbocycles. The molecule has 62 valence electrons. The van der Waals surface area contributed by atoms with Crippen molar-refractivity contribution >= 4 is 29.6 Å². The lowest BCUT2D eigenvalue weighted by Crippen LogP contribution is -1.96. The molecule has 2 N–H and O–H groups in total. The van der Waals surface area contributed by atoms with Gasteiger partial charge in [-0.2, -0.15) is 0 Å². The van der Waals surface area contributed by atoms with Crippen LogP contribution in [0.25, 0.3) is 11.2 Å². The Kier molecular flexibility index (Phi) is 1.61. The summed E-state index contributed by atoms with van der Waals surface area (Å²) in [4.78, 5) is 15.0. The minimum absolute atomic E-state index is 0.427. The molecule has 0 radical (unpaired) electrons. The normalized spacial score (nSPS) is 10.5. The molecule has 2 aromatic heterocycles. The van der Waals surface area contributed by atoms with Crippen LogP contribution < -0.4 is 5.32 Å². The van der Waals surface area contributed by atoms with Crippen LogP contribution in [0, 0.1) is 0 Å². The van der Waals surface area contributed by atoms with Crippen molar-refractivity contribution in [2.75, 3.05) is 12.4 Å². The third-order valence-electron chi connectivity index (χ3n) is 1.50. The number of hydrogen-bond donors (Lipinski definition) is 3. The van der Waals surface area contributed by atoms with Gasteiger partial charge in [0.1, 0.15) is 5.52 Å². The SMILES string of the molecule is CNc1nc(S)nc2[nH]cnc12. The molecule has 0 fully saturated rings. The fourth-order valence-electron chi connectivity index (χ4n) is 0.998. The Bertz CT molecular complexity index is 409. The minimum Gasteiger partial charge on any atom is -0.371 e. The molecule has 0 saturated carbocycles. The van der Waals surface area contributed by atoms with Crippen molar-refractivity contribution < 1.29 is 0 Å². The Morgan fingerprint density at radius 3 is 3.08 bits per heavy atom. The Morgan fingerprint density at radius 2 is 2.33 bits per heavy atom. The van der Waals surface area contributed by atoms with Crippen molar-refractivity contribution in [2.45, 2.75) is 5.16 Å². The van der Waals surface area contributed by atoms with Gasteiger partial charge in [0, 0.05) is 7.05 Å². The van der Waals surface area contributed by atoms with Crippen molar-refractivity contribution in [1.29, 1.82) is 0 Å². The van der Waals surface area contributed by atoms with Crippen molar-refractivity contribution in [3.63, 3.8) is 0 Å². The highest BCUT2D eigenvalue weighted by Crippen LogP contribution is 2.16. The molecule has 0 atom stereocenters. The van der Waals surface area contributed by atoms with Gasteiger partial charge >= 0.3 is 0 Å². The molecule has 0 aliphatic rings. The van der Waals surface area contributed by atoms with Crippen LogP contribution in [0.3, 0.4) is 0 Å². The van der Waals surface area contributed by atoms with E-state index in [2.05, 4.69) is 37.9 Å². The predicted molar refractivity (Wildman–Crippen MR) is 48.5 cm³/mol. The summed E-state index contributed by atoms with van der Waals surface area (Å²) in [6, 6.07) is 0. The molecular formula is C6H7N5S. The van der Waals surface area contributed by atoms with Crippen molar-refractivity contribution in [1.82, 2.24) is 19.9 Å². The van der Waals surface area contributed by atoms with E-state index in [1.807, 2.05) is 0 Å². The lowest BCUT2D eigenvalue weighted by Gasteiger charge is -1.99. The van der Waals surface area contributed by atoms with E-state index >= 15 is 0 Å². The number of thiol groups is 1. The number of hydrogen-bond acceptors (Lipinski definition) is 5. The van der Waals surface area contributed by atoms with Crippen molar-refractivity contribution in [3.8, 4) is 0 Å². The first-order valence-electron chi connectivity index (χ1n) is 3.39. The number of fused-ring (bicyclic) bond motifs is 1. The summed E-state index contributed by atoms with van der Waals surface area (Å²) < 4.78 is 0. The van der Waals surface area contributed by atoms with E-state index in [1.54, 1.807) is 13.4 Å². The number of nitrogens with zero attached hydrogens (tertiary/aromatic N) is 3. The fourth-order valence-corrected chi connectivity index (χ4v) is 1.20. The van der Waals surface area contributed by atoms with Crippen molar-refractivity contribution in [3.05, 3.63) is 6.33 Å². The second kappa shape index (κ2) is 2.63. The van der Waals surface area contributed by atoms with Gasteiger partial charge in [0.2, 0.25) is 0 Å². The number of imidazole rings is 1. The van der Waals surface area contributed by atoms with Gasteiger partial charge in [-0.05, 0) is 0 Å². The first kappa shape index (κ1) is 7.35. The molecule has 6 heteroatoms. The van der Waals surface area contributed by atoms with Gasteiger partial charge in [-0.3, -0.25) is 0 Å². The average molecular weight is 181 g/mol. The quantitative estimate of drug-likeness (QED) is 0.447. The number of rotatable bonds is 1. The smallest absolute Gasteiger partial charge is 0.188 e. The Labute approximate surface area is 74.1 Å². The summed E-state index contributed by atoms with van der Waals surface area (Å²) in [5.74, 6) is 0.686. The molecule has 5 nitrogen and oxygen atoms in total. The van der Waals surface area contributed by atoms with Gasteiger partial charge < -0.3 is 10.3 Å². The Balaban J connectivity index is 2.80. The molecule has 2 aromatic rings. The predicted octanol–water partition coefficient (Wildman–Crippen LogP) is 0.683. The lowest BCUT2D eigenvalue weighted by molar-refractivity contribution is 1.00. The first-order valence-corrected chi connectivity index (χ1v) is 3.84. The third kappa shape index (κ3) is 1.00. The Morgan fingerprint density at radius 1 is 1.50 bits per heavy atom. The second-order valence-electron chi connectivity index (χ2n) is 2.22. The van der Waals surface area contributed by atoms with Gasteiger partial charge in [-0.15, -0.1) is 12.6 Å². The van der Waals surface area contributed by atoms with Gasteiger partial charge in [-0.25, -0.2) is 15.0 Å². The molecule has 0 saturated heterocycles. The number of nitrogens with one attached hydrogen (secondary N) is 2. The van der Waals surface area contributed by atoms with E-state index in [0.29, 0.717) is 16.6 Å². The number of H-pyrrole nitrogens is 1. The summed E-state index contributed by atoms with van der Waals surface area (Å²) in [7, 11) is 1.78. The molecule has 0 amide bonds. The van der Waals surface area contributed by atoms with E-state index < -0.39 is 0 Å². The summed E-state index contributed by atoms with van der Waals surface area (Å²) in [6.07, 6.45) is 1.58. The number of anilines is 1. The molecule has 0 spiro atoms. The largest absolute Gasteiger partial charge is 0.371 e. The maximum Gasteiger partial charge on any atom is 0.188 e. The highest BCUT2D eigenvalue weighted by molar-refractivity contribution is 7.80. The van der Waals surface area contributed by atoms with E-state index in [4.69, 9.17) is 0 Å². The molecule has 2 rings (SSSR count). The van der Waals surface area contributed by atoms with E-state index in [0.717, 1.165) is 5.52 Å². The second-order valence-corrected chi connectivity index (χ2v) is 2.62. The van der Waals surface area contributed by atoms with E-state index in [9.17, 15) is 0 Å². The molecular weight excluding hydrogens is 174 g/mol. The zero-order valence-corrected chi connectivity index (χ0v) is 7.26. The van der Waals surface area contributed by atoms with E-state index in [-0.39, 0.29) is 0 Å². The molecule has 0 bridgehead atoms. The molecule has 0 unspecified atom stereocenters. The third-order valence-corrected chi connectivity index (χ3v) is 1.70. The van der Waals surface area contributed by atoms with Crippen LogP contribution in [0.4, 0.5) is 5.82 Å². The lowest BCUT2D eigenvalue weighted by atomic mass is 10.5. The highest BCUT2D eigenvalue weighted by atomic mass is 32.1. The molecule has 12 heavy (non-hydrogen) atoms. The van der Waals surface area contributed by atoms with Crippen LogP contribution in [-0.4, -0.2) is 27.0 Å². The standard InChI is InChI=1S/C6H7N5S/c1-7-4-3-5(9-2-8-3)11-6(12)10-4/h2H,1H3,(H3,7,8,9,10,11,12). The van der Waals surface area contributed by atoms with Gasteiger partial charge in [0.05, 0.1) is 6.33 Å². The minimum atomic E-state index is 0.427. The van der Waals surface area contributed by atoms with E-state index in [1.165, 1.54) is 0 Å². The maximum atomic E-state index is 4.05. The average Bonchev–Trinajstić information content (AvgIpc) is 2.50. The van der Waals surface area contributed by atoms with Gasteiger partial charge in [0.25, 0.3) is 0 Å². The molecule has 0 aliphatic carbocycles. The summed E-state index contributed by atoms with van der Waals surface area (Å²) in [5.41, 5.74) is 1.43. The van der Waals surface area contributed by atoms with Crippen LogP contribution in [-0.2, 0) is 0 Å². The molecule has 2 heterocycles. The van der Waals surface area contributed by atoms with Crippen LogP contribution in [0.15, 0.2) is 11.5 Å². The fraction of sp³-hybridized carbons (Fsp3) is 0.167. The number of aromatic amines is 1. The summed E-state index contributed by atoms with van der Waals surface area (Å²) in [6.45, 7) is 0. The van der Waals surface area contributed by atoms with Crippen molar-refractivity contribution in [2.24, 2.45) is 0 Å².